The molecule has 1 fully saturated rings. The fourth-order valence-corrected chi connectivity index (χ4v) is 3.88. The molecule has 0 N–H and O–H groups in total. The van der Waals surface area contributed by atoms with E-state index in [1.54, 1.807) is 41.1 Å². The third kappa shape index (κ3) is 4.43. The van der Waals surface area contributed by atoms with E-state index in [-0.39, 0.29) is 18.3 Å². The molecular formula is C21H20BrFN2O3S. The second-order valence-corrected chi connectivity index (χ2v) is 7.59. The number of halogens is 2. The average Bonchev–Trinajstić information content (AvgIpc) is 2.89. The van der Waals surface area contributed by atoms with Gasteiger partial charge in [0.1, 0.15) is 18.1 Å². The molecule has 0 radical (unpaired) electrons. The van der Waals surface area contributed by atoms with Crippen LogP contribution in [0.4, 0.5) is 4.39 Å². The van der Waals surface area contributed by atoms with Crippen molar-refractivity contribution < 1.29 is 18.7 Å². The van der Waals surface area contributed by atoms with Gasteiger partial charge in [0.2, 0.25) is 0 Å². The van der Waals surface area contributed by atoms with Crippen LogP contribution in [-0.4, -0.2) is 41.5 Å². The number of hydrogen-bond acceptors (Lipinski definition) is 4. The first kappa shape index (κ1) is 21.3. The van der Waals surface area contributed by atoms with Crippen molar-refractivity contribution in [3.8, 4) is 11.5 Å². The molecule has 1 saturated heterocycles. The Morgan fingerprint density at radius 3 is 2.66 bits per heavy atom. The Morgan fingerprint density at radius 2 is 2.03 bits per heavy atom. The summed E-state index contributed by atoms with van der Waals surface area (Å²) in [6.45, 7) is 2.58. The van der Waals surface area contributed by atoms with Gasteiger partial charge in [0.05, 0.1) is 11.6 Å². The van der Waals surface area contributed by atoms with Crippen molar-refractivity contribution >= 4 is 45.2 Å². The molecule has 0 saturated carbocycles. The molecule has 1 aliphatic heterocycles. The predicted octanol–water partition coefficient (Wildman–Crippen LogP) is 4.60. The molecule has 2 aromatic rings. The molecule has 5 nitrogen and oxygen atoms in total. The first-order valence-corrected chi connectivity index (χ1v) is 10.1. The van der Waals surface area contributed by atoms with Gasteiger partial charge in [0.15, 0.2) is 16.6 Å². The Morgan fingerprint density at radius 1 is 1.28 bits per heavy atom. The van der Waals surface area contributed by atoms with E-state index in [0.29, 0.717) is 38.9 Å². The maximum absolute atomic E-state index is 13.4. The number of rotatable bonds is 6. The van der Waals surface area contributed by atoms with E-state index in [0.717, 1.165) is 5.56 Å². The lowest BCUT2D eigenvalue weighted by atomic mass is 10.1. The van der Waals surface area contributed by atoms with E-state index < -0.39 is 0 Å². The van der Waals surface area contributed by atoms with Crippen molar-refractivity contribution in [1.82, 2.24) is 9.80 Å². The molecule has 1 heterocycles. The first-order chi connectivity index (χ1) is 13.8. The quantitative estimate of drug-likeness (QED) is 0.448. The van der Waals surface area contributed by atoms with E-state index in [1.807, 2.05) is 13.0 Å². The number of amides is 1. The predicted molar refractivity (Wildman–Crippen MR) is 117 cm³/mol. The van der Waals surface area contributed by atoms with E-state index in [4.69, 9.17) is 21.7 Å². The number of likely N-dealkylation sites (N-methyl/N-ethyl adjacent to an activating group) is 2. The zero-order valence-corrected chi connectivity index (χ0v) is 18.6. The zero-order chi connectivity index (χ0) is 21.1. The molecule has 2 aromatic carbocycles. The molecule has 1 amide bonds. The summed E-state index contributed by atoms with van der Waals surface area (Å²) in [6, 6.07) is 9.82. The van der Waals surface area contributed by atoms with Crippen LogP contribution in [0.3, 0.4) is 0 Å². The van der Waals surface area contributed by atoms with Crippen molar-refractivity contribution in [3.05, 3.63) is 63.5 Å². The summed E-state index contributed by atoms with van der Waals surface area (Å²) in [4.78, 5) is 15.8. The second kappa shape index (κ2) is 8.92. The van der Waals surface area contributed by atoms with Gasteiger partial charge >= 0.3 is 0 Å². The summed E-state index contributed by atoms with van der Waals surface area (Å²) in [7, 11) is 3.30. The van der Waals surface area contributed by atoms with Crippen LogP contribution in [0.2, 0.25) is 0 Å². The van der Waals surface area contributed by atoms with E-state index >= 15 is 0 Å². The lowest BCUT2D eigenvalue weighted by Crippen LogP contribution is -2.30. The van der Waals surface area contributed by atoms with Crippen LogP contribution >= 0.6 is 28.1 Å². The number of carbonyl (C=O) groups excluding carboxylic acids is 1. The monoisotopic (exact) mass is 478 g/mol. The highest BCUT2D eigenvalue weighted by molar-refractivity contribution is 9.10. The van der Waals surface area contributed by atoms with E-state index in [9.17, 15) is 9.18 Å². The molecule has 0 atom stereocenters. The van der Waals surface area contributed by atoms with Gasteiger partial charge in [-0.15, -0.1) is 0 Å². The number of nitrogens with zero attached hydrogens (tertiary/aromatic N) is 2. The molecule has 0 aromatic heterocycles. The van der Waals surface area contributed by atoms with Crippen molar-refractivity contribution in [1.29, 1.82) is 0 Å². The summed E-state index contributed by atoms with van der Waals surface area (Å²) in [5.41, 5.74) is 1.94. The minimum Gasteiger partial charge on any atom is -0.493 e. The fraction of sp³-hybridized carbons (Fsp3) is 0.238. The van der Waals surface area contributed by atoms with Gasteiger partial charge in [-0.1, -0.05) is 12.1 Å². The SMILES string of the molecule is CCN1C(=O)/C(=C/c2cc(Br)c(OCc3cccc(F)c3)c(OC)c2)N(C)C1=S. The van der Waals surface area contributed by atoms with Gasteiger partial charge in [0, 0.05) is 13.6 Å². The summed E-state index contributed by atoms with van der Waals surface area (Å²) >= 11 is 8.83. The fourth-order valence-electron chi connectivity index (χ4n) is 2.99. The van der Waals surface area contributed by atoms with Crippen LogP contribution < -0.4 is 9.47 Å². The average molecular weight is 479 g/mol. The van der Waals surface area contributed by atoms with E-state index in [2.05, 4.69) is 15.9 Å². The normalized spacial score (nSPS) is 15.4. The molecule has 8 heteroatoms. The number of benzene rings is 2. The van der Waals surface area contributed by atoms with Gasteiger partial charge in [-0.3, -0.25) is 9.69 Å². The minimum absolute atomic E-state index is 0.137. The van der Waals surface area contributed by atoms with Gasteiger partial charge in [-0.25, -0.2) is 4.39 Å². The first-order valence-electron chi connectivity index (χ1n) is 8.91. The van der Waals surface area contributed by atoms with Gasteiger partial charge < -0.3 is 14.4 Å². The minimum atomic E-state index is -0.316. The van der Waals surface area contributed by atoms with Crippen LogP contribution in [0.15, 0.2) is 46.6 Å². The van der Waals surface area contributed by atoms with Crippen molar-refractivity contribution in [2.24, 2.45) is 0 Å². The molecule has 3 rings (SSSR count). The number of carbonyl (C=O) groups is 1. The lowest BCUT2D eigenvalue weighted by molar-refractivity contribution is -0.122. The van der Waals surface area contributed by atoms with Crippen molar-refractivity contribution in [2.45, 2.75) is 13.5 Å². The smallest absolute Gasteiger partial charge is 0.276 e. The Kier molecular flexibility index (Phi) is 6.54. The van der Waals surface area contributed by atoms with Crippen LogP contribution in [0.1, 0.15) is 18.1 Å². The Labute approximate surface area is 182 Å². The van der Waals surface area contributed by atoms with E-state index in [1.165, 1.54) is 19.2 Å². The lowest BCUT2D eigenvalue weighted by Gasteiger charge is -2.15. The van der Waals surface area contributed by atoms with Gasteiger partial charge in [-0.05, 0) is 76.5 Å². The molecular weight excluding hydrogens is 459 g/mol. The van der Waals surface area contributed by atoms with Crippen LogP contribution in [0.25, 0.3) is 6.08 Å². The number of ether oxygens (including phenoxy) is 2. The molecule has 152 valence electrons. The summed E-state index contributed by atoms with van der Waals surface area (Å²) in [5, 5.41) is 0.477. The molecule has 0 unspecified atom stereocenters. The second-order valence-electron chi connectivity index (χ2n) is 6.37. The zero-order valence-electron chi connectivity index (χ0n) is 16.2. The van der Waals surface area contributed by atoms with Gasteiger partial charge in [0.25, 0.3) is 5.91 Å². The maximum Gasteiger partial charge on any atom is 0.276 e. The molecule has 0 spiro atoms. The largest absolute Gasteiger partial charge is 0.493 e. The van der Waals surface area contributed by atoms with Crippen molar-refractivity contribution in [3.63, 3.8) is 0 Å². The standard InChI is InChI=1S/C21H20BrFN2O3S/c1-4-25-20(26)17(24(2)21(25)29)10-14-9-16(22)19(18(11-14)27-3)28-12-13-6-5-7-15(23)8-13/h5-11H,4,12H2,1-3H3/b17-10-. The third-order valence-corrected chi connectivity index (χ3v) is 5.57. The van der Waals surface area contributed by atoms with Crippen LogP contribution in [0, 0.1) is 5.82 Å². The van der Waals surface area contributed by atoms with Crippen LogP contribution in [-0.2, 0) is 11.4 Å². The highest BCUT2D eigenvalue weighted by Gasteiger charge is 2.34. The Hall–Kier alpha value is -2.45. The molecule has 0 bridgehead atoms. The summed E-state index contributed by atoms with van der Waals surface area (Å²) < 4.78 is 25.3. The summed E-state index contributed by atoms with van der Waals surface area (Å²) in [5.74, 6) is 0.534. The van der Waals surface area contributed by atoms with Gasteiger partial charge in [-0.2, -0.15) is 0 Å². The highest BCUT2D eigenvalue weighted by atomic mass is 79.9. The number of hydrogen-bond donors (Lipinski definition) is 0. The topological polar surface area (TPSA) is 42.0 Å². The Bertz CT molecular complexity index is 996. The highest BCUT2D eigenvalue weighted by Crippen LogP contribution is 2.38. The maximum atomic E-state index is 13.4. The number of thiocarbonyl (C=S) groups is 1. The third-order valence-electron chi connectivity index (χ3n) is 4.49. The number of methoxy groups -OCH3 is 1. The van der Waals surface area contributed by atoms with Crippen molar-refractivity contribution in [2.75, 3.05) is 20.7 Å². The molecule has 1 aliphatic rings. The Balaban J connectivity index is 1.88. The summed E-state index contributed by atoms with van der Waals surface area (Å²) in [6.07, 6.45) is 1.76. The van der Waals surface area contributed by atoms with Crippen LogP contribution in [0.5, 0.6) is 11.5 Å². The molecule has 0 aliphatic carbocycles. The molecule has 29 heavy (non-hydrogen) atoms.